The van der Waals surface area contributed by atoms with Gasteiger partial charge in [-0.15, -0.1) is 0 Å². The van der Waals surface area contributed by atoms with E-state index in [1.807, 2.05) is 0 Å². The van der Waals surface area contributed by atoms with Crippen LogP contribution >= 0.6 is 23.2 Å². The quantitative estimate of drug-likeness (QED) is 0.856. The summed E-state index contributed by atoms with van der Waals surface area (Å²) in [5.41, 5.74) is 0.960. The predicted molar refractivity (Wildman–Crippen MR) is 78.3 cm³/mol. The van der Waals surface area contributed by atoms with E-state index in [0.29, 0.717) is 27.6 Å². The van der Waals surface area contributed by atoms with E-state index in [2.05, 4.69) is 5.32 Å². The lowest BCUT2D eigenvalue weighted by atomic mass is 9.98. The molecule has 0 bridgehead atoms. The molecule has 1 atom stereocenters. The number of hydrogen-bond donors (Lipinski definition) is 1. The summed E-state index contributed by atoms with van der Waals surface area (Å²) in [7, 11) is 1.70. The fraction of sp³-hybridized carbons (Fsp3) is 0.200. The lowest BCUT2D eigenvalue weighted by Crippen LogP contribution is -2.20. The van der Waals surface area contributed by atoms with Crippen LogP contribution in [0.2, 0.25) is 10.0 Å². The average molecular weight is 316 g/mol. The lowest BCUT2D eigenvalue weighted by molar-refractivity contribution is 0.532. The molecule has 2 rings (SSSR count). The van der Waals surface area contributed by atoms with Crippen LogP contribution in [0.25, 0.3) is 0 Å². The van der Waals surface area contributed by atoms with E-state index in [4.69, 9.17) is 23.2 Å². The van der Waals surface area contributed by atoms with Crippen LogP contribution in [-0.2, 0) is 6.42 Å². The van der Waals surface area contributed by atoms with Gasteiger partial charge in [-0.3, -0.25) is 0 Å². The minimum atomic E-state index is -0.399. The van der Waals surface area contributed by atoms with E-state index >= 15 is 0 Å². The zero-order valence-electron chi connectivity index (χ0n) is 10.8. The Balaban J connectivity index is 2.36. The molecule has 0 amide bonds. The van der Waals surface area contributed by atoms with Crippen LogP contribution in [-0.4, -0.2) is 7.05 Å². The molecule has 1 nitrogen and oxygen atoms in total. The summed E-state index contributed by atoms with van der Waals surface area (Å²) in [4.78, 5) is 0. The normalized spacial score (nSPS) is 12.4. The van der Waals surface area contributed by atoms with Crippen molar-refractivity contribution in [2.45, 2.75) is 12.5 Å². The van der Waals surface area contributed by atoms with Crippen LogP contribution in [0.4, 0.5) is 8.78 Å². The van der Waals surface area contributed by atoms with Gasteiger partial charge in [-0.2, -0.15) is 0 Å². The van der Waals surface area contributed by atoms with Gasteiger partial charge in [-0.05, 0) is 49.4 Å². The smallest absolute Gasteiger partial charge is 0.129 e. The highest BCUT2D eigenvalue weighted by Crippen LogP contribution is 2.30. The van der Waals surface area contributed by atoms with Gasteiger partial charge >= 0.3 is 0 Å². The molecule has 1 N–H and O–H groups in total. The fourth-order valence-corrected chi connectivity index (χ4v) is 2.60. The molecule has 1 unspecified atom stereocenters. The van der Waals surface area contributed by atoms with Crippen molar-refractivity contribution in [1.82, 2.24) is 5.32 Å². The molecule has 0 aliphatic carbocycles. The van der Waals surface area contributed by atoms with Crippen molar-refractivity contribution in [3.8, 4) is 0 Å². The van der Waals surface area contributed by atoms with Crippen LogP contribution in [0.15, 0.2) is 36.4 Å². The third-order valence-electron chi connectivity index (χ3n) is 3.13. The van der Waals surface area contributed by atoms with E-state index in [9.17, 15) is 8.78 Å². The average Bonchev–Trinajstić information content (AvgIpc) is 2.41. The highest BCUT2D eigenvalue weighted by molar-refractivity contribution is 6.31. The third-order valence-corrected chi connectivity index (χ3v) is 3.83. The van der Waals surface area contributed by atoms with Crippen LogP contribution in [0.3, 0.4) is 0 Å². The van der Waals surface area contributed by atoms with E-state index in [0.717, 1.165) is 0 Å². The highest BCUT2D eigenvalue weighted by Gasteiger charge is 2.19. The van der Waals surface area contributed by atoms with Gasteiger partial charge in [0.1, 0.15) is 11.6 Å². The monoisotopic (exact) mass is 315 g/mol. The van der Waals surface area contributed by atoms with Crippen LogP contribution in [0.5, 0.6) is 0 Å². The molecule has 0 aromatic heterocycles. The number of nitrogens with one attached hydrogen (secondary N) is 1. The van der Waals surface area contributed by atoms with Crippen LogP contribution < -0.4 is 5.32 Å². The first kappa shape index (κ1) is 15.2. The SMILES string of the molecule is CNC(Cc1cc(F)ccc1Cl)c1c(F)cccc1Cl. The van der Waals surface area contributed by atoms with Gasteiger partial charge in [0, 0.05) is 21.7 Å². The number of hydrogen-bond acceptors (Lipinski definition) is 1. The van der Waals surface area contributed by atoms with Gasteiger partial charge in [0.15, 0.2) is 0 Å². The Morgan fingerprint density at radius 2 is 1.85 bits per heavy atom. The standard InChI is InChI=1S/C15H13Cl2F2N/c1-20-14(15-12(17)3-2-4-13(15)19)8-9-7-10(18)5-6-11(9)16/h2-7,14,20H,8H2,1H3. The summed E-state index contributed by atoms with van der Waals surface area (Å²) in [5, 5.41) is 3.76. The Kier molecular flexibility index (Phi) is 4.97. The zero-order chi connectivity index (χ0) is 14.7. The van der Waals surface area contributed by atoms with Gasteiger partial charge < -0.3 is 5.32 Å². The Hall–Kier alpha value is -1.16. The van der Waals surface area contributed by atoms with Gasteiger partial charge in [0.2, 0.25) is 0 Å². The summed E-state index contributed by atoms with van der Waals surface area (Å²) in [6.07, 6.45) is 0.341. The van der Waals surface area contributed by atoms with Crippen molar-refractivity contribution in [3.63, 3.8) is 0 Å². The van der Waals surface area contributed by atoms with Gasteiger partial charge in [-0.25, -0.2) is 8.78 Å². The maximum atomic E-state index is 13.9. The topological polar surface area (TPSA) is 12.0 Å². The van der Waals surface area contributed by atoms with E-state index < -0.39 is 5.82 Å². The van der Waals surface area contributed by atoms with Crippen LogP contribution in [0, 0.1) is 11.6 Å². The molecule has 0 heterocycles. The third kappa shape index (κ3) is 3.29. The van der Waals surface area contributed by atoms with E-state index in [1.54, 1.807) is 19.2 Å². The molecule has 2 aromatic carbocycles. The number of halogens is 4. The number of rotatable bonds is 4. The number of likely N-dealkylation sites (N-methyl/N-ethyl adjacent to an activating group) is 1. The van der Waals surface area contributed by atoms with Gasteiger partial charge in [0.05, 0.1) is 0 Å². The maximum Gasteiger partial charge on any atom is 0.129 e. The van der Waals surface area contributed by atoms with E-state index in [-0.39, 0.29) is 11.9 Å². The van der Waals surface area contributed by atoms with Crippen molar-refractivity contribution < 1.29 is 8.78 Å². The first-order valence-corrected chi connectivity index (χ1v) is 6.83. The van der Waals surface area contributed by atoms with Crippen molar-refractivity contribution in [2.24, 2.45) is 0 Å². The van der Waals surface area contributed by atoms with Gasteiger partial charge in [-0.1, -0.05) is 29.3 Å². The molecule has 0 spiro atoms. The second-order valence-electron chi connectivity index (χ2n) is 4.42. The molecule has 0 fully saturated rings. The number of benzene rings is 2. The predicted octanol–water partition coefficient (Wildman–Crippen LogP) is 4.77. The molecule has 0 saturated carbocycles. The Morgan fingerprint density at radius 3 is 2.50 bits per heavy atom. The molecule has 0 saturated heterocycles. The molecule has 0 aliphatic rings. The second kappa shape index (κ2) is 6.53. The minimum absolute atomic E-state index is 0.330. The maximum absolute atomic E-state index is 13.9. The minimum Gasteiger partial charge on any atom is -0.313 e. The summed E-state index contributed by atoms with van der Waals surface area (Å²) >= 11 is 12.1. The summed E-state index contributed by atoms with van der Waals surface area (Å²) in [5.74, 6) is -0.775. The zero-order valence-corrected chi connectivity index (χ0v) is 12.3. The fourth-order valence-electron chi connectivity index (χ4n) is 2.11. The lowest BCUT2D eigenvalue weighted by Gasteiger charge is -2.19. The highest BCUT2D eigenvalue weighted by atomic mass is 35.5. The Morgan fingerprint density at radius 1 is 1.10 bits per heavy atom. The van der Waals surface area contributed by atoms with Gasteiger partial charge in [0.25, 0.3) is 0 Å². The van der Waals surface area contributed by atoms with Crippen molar-refractivity contribution in [3.05, 3.63) is 69.2 Å². The van der Waals surface area contributed by atoms with Crippen LogP contribution in [0.1, 0.15) is 17.2 Å². The second-order valence-corrected chi connectivity index (χ2v) is 5.23. The van der Waals surface area contributed by atoms with Crippen molar-refractivity contribution >= 4 is 23.2 Å². The molecule has 0 radical (unpaired) electrons. The summed E-state index contributed by atoms with van der Waals surface area (Å²) in [6.45, 7) is 0. The molecule has 106 valence electrons. The first-order valence-electron chi connectivity index (χ1n) is 6.08. The first-order chi connectivity index (χ1) is 9.52. The summed E-state index contributed by atoms with van der Waals surface area (Å²) in [6, 6.07) is 8.25. The molecular formula is C15H13Cl2F2N. The van der Waals surface area contributed by atoms with Crippen molar-refractivity contribution in [2.75, 3.05) is 7.05 Å². The molecule has 2 aromatic rings. The molecular weight excluding hydrogens is 303 g/mol. The summed E-state index contributed by atoms with van der Waals surface area (Å²) < 4.78 is 27.2. The Labute approximate surface area is 126 Å². The molecule has 5 heteroatoms. The molecule has 0 aliphatic heterocycles. The van der Waals surface area contributed by atoms with Crippen molar-refractivity contribution in [1.29, 1.82) is 0 Å². The molecule has 20 heavy (non-hydrogen) atoms. The van der Waals surface area contributed by atoms with E-state index in [1.165, 1.54) is 24.3 Å². The Bertz CT molecular complexity index is 597. The largest absolute Gasteiger partial charge is 0.313 e.